The Bertz CT molecular complexity index is 616. The zero-order valence-corrected chi connectivity index (χ0v) is 12.8. The Labute approximate surface area is 128 Å². The van der Waals surface area contributed by atoms with Crippen molar-refractivity contribution in [2.45, 2.75) is 25.3 Å². The van der Waals surface area contributed by atoms with Gasteiger partial charge < -0.3 is 5.11 Å². The van der Waals surface area contributed by atoms with Gasteiger partial charge in [-0.2, -0.15) is 5.26 Å². The van der Waals surface area contributed by atoms with E-state index >= 15 is 0 Å². The third kappa shape index (κ3) is 5.98. The fraction of sp³-hybridized carbons (Fsp3) is 0.462. The third-order valence-electron chi connectivity index (χ3n) is 2.80. The molecule has 2 N–H and O–H groups in total. The fourth-order valence-corrected chi connectivity index (χ4v) is 3.18. The van der Waals surface area contributed by atoms with Gasteiger partial charge in [0.2, 0.25) is 10.0 Å². The molecule has 0 saturated carbocycles. The van der Waals surface area contributed by atoms with E-state index in [1.807, 2.05) is 6.07 Å². The van der Waals surface area contributed by atoms with Crippen LogP contribution < -0.4 is 4.72 Å². The van der Waals surface area contributed by atoms with Gasteiger partial charge in [-0.3, -0.25) is 0 Å². The molecule has 0 spiro atoms. The maximum atomic E-state index is 13.4. The van der Waals surface area contributed by atoms with Gasteiger partial charge in [-0.1, -0.05) is 17.7 Å². The van der Waals surface area contributed by atoms with Gasteiger partial charge in [-0.05, 0) is 30.5 Å². The molecule has 1 aromatic rings. The highest BCUT2D eigenvalue weighted by molar-refractivity contribution is 7.89. The first-order valence-electron chi connectivity index (χ1n) is 6.32. The summed E-state index contributed by atoms with van der Waals surface area (Å²) in [5.41, 5.74) is 0.292. The van der Waals surface area contributed by atoms with E-state index in [2.05, 4.69) is 4.72 Å². The second kappa shape index (κ2) is 8.29. The number of unbranched alkanes of at least 4 members (excludes halogenated alkanes) is 2. The average Bonchev–Trinajstić information content (AvgIpc) is 2.44. The summed E-state index contributed by atoms with van der Waals surface area (Å²) in [7, 11) is -3.62. The Hall–Kier alpha value is -1.20. The van der Waals surface area contributed by atoms with Gasteiger partial charge in [0, 0.05) is 6.42 Å². The first kappa shape index (κ1) is 17.9. The van der Waals surface area contributed by atoms with Crippen LogP contribution in [0.5, 0.6) is 0 Å². The molecule has 0 aliphatic heterocycles. The lowest BCUT2D eigenvalue weighted by Gasteiger charge is -2.17. The Morgan fingerprint density at radius 3 is 2.71 bits per heavy atom. The van der Waals surface area contributed by atoms with Gasteiger partial charge in [0.1, 0.15) is 5.82 Å². The highest BCUT2D eigenvalue weighted by atomic mass is 35.5. The molecule has 5 nitrogen and oxygen atoms in total. The topological polar surface area (TPSA) is 90.2 Å². The predicted octanol–water partition coefficient (Wildman–Crippen LogP) is 2.13. The number of aliphatic hydroxyl groups is 1. The Balaban J connectivity index is 2.72. The Kier molecular flexibility index (Phi) is 7.05. The maximum absolute atomic E-state index is 13.4. The van der Waals surface area contributed by atoms with E-state index in [1.54, 1.807) is 0 Å². The molecule has 21 heavy (non-hydrogen) atoms. The Morgan fingerprint density at radius 2 is 2.14 bits per heavy atom. The van der Waals surface area contributed by atoms with Crippen LogP contribution in [0.3, 0.4) is 0 Å². The number of rotatable bonds is 8. The van der Waals surface area contributed by atoms with E-state index in [1.165, 1.54) is 12.1 Å². The molecule has 1 aromatic carbocycles. The molecule has 116 valence electrons. The molecule has 1 atom stereocenters. The standard InChI is InChI=1S/C13H16ClFN2O3S/c14-11-5-4-10(8-12(11)15)13(9-18)17-21(19,20)7-3-1-2-6-16/h4-5,8,13,17-18H,1-3,7,9H2. The summed E-state index contributed by atoms with van der Waals surface area (Å²) in [5.74, 6) is -0.831. The first-order chi connectivity index (χ1) is 9.89. The number of sulfonamides is 1. The van der Waals surface area contributed by atoms with Crippen molar-refractivity contribution in [2.75, 3.05) is 12.4 Å². The number of aliphatic hydroxyl groups excluding tert-OH is 1. The van der Waals surface area contributed by atoms with Crippen LogP contribution in [-0.2, 0) is 10.0 Å². The molecule has 0 radical (unpaired) electrons. The van der Waals surface area contributed by atoms with E-state index in [0.717, 1.165) is 6.07 Å². The largest absolute Gasteiger partial charge is 0.394 e. The van der Waals surface area contributed by atoms with Crippen molar-refractivity contribution in [3.05, 3.63) is 34.6 Å². The van der Waals surface area contributed by atoms with Crippen molar-refractivity contribution in [3.63, 3.8) is 0 Å². The maximum Gasteiger partial charge on any atom is 0.212 e. The number of nitrogens with zero attached hydrogens (tertiary/aromatic N) is 1. The lowest BCUT2D eigenvalue weighted by molar-refractivity contribution is 0.258. The van der Waals surface area contributed by atoms with E-state index in [0.29, 0.717) is 24.8 Å². The minimum atomic E-state index is -3.62. The average molecular weight is 335 g/mol. The monoisotopic (exact) mass is 334 g/mol. The molecular formula is C13H16ClFN2O3S. The molecule has 0 aromatic heterocycles. The van der Waals surface area contributed by atoms with Crippen LogP contribution in [0.25, 0.3) is 0 Å². The predicted molar refractivity (Wildman–Crippen MR) is 77.6 cm³/mol. The van der Waals surface area contributed by atoms with Crippen LogP contribution in [-0.4, -0.2) is 25.9 Å². The summed E-state index contributed by atoms with van der Waals surface area (Å²) in [6, 6.07) is 4.84. The summed E-state index contributed by atoms with van der Waals surface area (Å²) in [4.78, 5) is 0. The molecule has 0 bridgehead atoms. The summed E-state index contributed by atoms with van der Waals surface area (Å²) in [6.07, 6.45) is 1.12. The van der Waals surface area contributed by atoms with Crippen LogP contribution in [0.15, 0.2) is 18.2 Å². The second-order valence-corrected chi connectivity index (χ2v) is 6.74. The van der Waals surface area contributed by atoms with Gasteiger partial charge in [0.15, 0.2) is 0 Å². The molecule has 0 saturated heterocycles. The summed E-state index contributed by atoms with van der Waals surface area (Å²) in [5, 5.41) is 17.6. The highest BCUT2D eigenvalue weighted by Gasteiger charge is 2.19. The summed E-state index contributed by atoms with van der Waals surface area (Å²) in [6.45, 7) is -0.501. The molecule has 0 aliphatic carbocycles. The second-order valence-electron chi connectivity index (χ2n) is 4.46. The molecule has 1 unspecified atom stereocenters. The van der Waals surface area contributed by atoms with Crippen LogP contribution in [0.2, 0.25) is 5.02 Å². The van der Waals surface area contributed by atoms with Crippen molar-refractivity contribution >= 4 is 21.6 Å². The van der Waals surface area contributed by atoms with E-state index in [9.17, 15) is 17.9 Å². The van der Waals surface area contributed by atoms with Crippen molar-refractivity contribution in [2.24, 2.45) is 0 Å². The van der Waals surface area contributed by atoms with Crippen molar-refractivity contribution in [1.82, 2.24) is 4.72 Å². The van der Waals surface area contributed by atoms with Crippen LogP contribution in [0, 0.1) is 17.1 Å². The van der Waals surface area contributed by atoms with E-state index < -0.39 is 28.5 Å². The minimum Gasteiger partial charge on any atom is -0.394 e. The highest BCUT2D eigenvalue weighted by Crippen LogP contribution is 2.20. The van der Waals surface area contributed by atoms with Gasteiger partial charge >= 0.3 is 0 Å². The van der Waals surface area contributed by atoms with E-state index in [4.69, 9.17) is 16.9 Å². The number of halogens is 2. The quantitative estimate of drug-likeness (QED) is 0.712. The number of nitrogens with one attached hydrogen (secondary N) is 1. The van der Waals surface area contributed by atoms with Crippen molar-refractivity contribution in [1.29, 1.82) is 5.26 Å². The summed E-state index contributed by atoms with van der Waals surface area (Å²) < 4.78 is 39.4. The van der Waals surface area contributed by atoms with Gasteiger partial charge in [0.05, 0.1) is 29.5 Å². The SMILES string of the molecule is N#CCCCCS(=O)(=O)NC(CO)c1ccc(Cl)c(F)c1. The van der Waals surface area contributed by atoms with Crippen molar-refractivity contribution < 1.29 is 17.9 Å². The number of benzene rings is 1. The molecule has 1 rings (SSSR count). The normalized spacial score (nSPS) is 12.9. The van der Waals surface area contributed by atoms with E-state index in [-0.39, 0.29) is 10.8 Å². The van der Waals surface area contributed by atoms with Crippen molar-refractivity contribution in [3.8, 4) is 6.07 Å². The molecule has 0 heterocycles. The zero-order valence-electron chi connectivity index (χ0n) is 11.2. The minimum absolute atomic E-state index is 0.0743. The van der Waals surface area contributed by atoms with Crippen LogP contribution >= 0.6 is 11.6 Å². The van der Waals surface area contributed by atoms with Gasteiger partial charge in [-0.25, -0.2) is 17.5 Å². The molecule has 0 amide bonds. The number of hydrogen-bond donors (Lipinski definition) is 2. The molecule has 8 heteroatoms. The molecule has 0 fully saturated rings. The smallest absolute Gasteiger partial charge is 0.212 e. The van der Waals surface area contributed by atoms with Gasteiger partial charge in [-0.15, -0.1) is 0 Å². The number of hydrogen-bond acceptors (Lipinski definition) is 4. The lowest BCUT2D eigenvalue weighted by Crippen LogP contribution is -2.32. The lowest BCUT2D eigenvalue weighted by atomic mass is 10.1. The third-order valence-corrected chi connectivity index (χ3v) is 4.58. The zero-order chi connectivity index (χ0) is 15.9. The van der Waals surface area contributed by atoms with Crippen LogP contribution in [0.1, 0.15) is 30.9 Å². The Morgan fingerprint density at radius 1 is 1.43 bits per heavy atom. The first-order valence-corrected chi connectivity index (χ1v) is 8.35. The van der Waals surface area contributed by atoms with Gasteiger partial charge in [0.25, 0.3) is 0 Å². The number of nitriles is 1. The molecule has 0 aliphatic rings. The fourth-order valence-electron chi connectivity index (χ4n) is 1.71. The molecular weight excluding hydrogens is 319 g/mol. The summed E-state index contributed by atoms with van der Waals surface area (Å²) >= 11 is 5.56. The van der Waals surface area contributed by atoms with Crippen LogP contribution in [0.4, 0.5) is 4.39 Å².